The third-order valence-electron chi connectivity index (χ3n) is 3.29. The molecule has 0 N–H and O–H groups in total. The monoisotopic (exact) mass is 287 g/mol. The first-order valence-electron chi connectivity index (χ1n) is 6.03. The van der Waals surface area contributed by atoms with Gasteiger partial charge in [0.1, 0.15) is 0 Å². The smallest absolute Gasteiger partial charge is 0.170 e. The maximum atomic E-state index is 11.6. The van der Waals surface area contributed by atoms with E-state index in [0.29, 0.717) is 0 Å². The van der Waals surface area contributed by atoms with Crippen molar-refractivity contribution in [2.45, 2.75) is 20.8 Å². The van der Waals surface area contributed by atoms with Gasteiger partial charge in [-0.15, -0.1) is 22.7 Å². The van der Waals surface area contributed by atoms with E-state index in [-0.39, 0.29) is 5.78 Å². The second-order valence-corrected chi connectivity index (χ2v) is 6.87. The molecule has 3 heterocycles. The van der Waals surface area contributed by atoms with Crippen LogP contribution in [0.3, 0.4) is 0 Å². The summed E-state index contributed by atoms with van der Waals surface area (Å²) in [5.41, 5.74) is 3.60. The van der Waals surface area contributed by atoms with Crippen LogP contribution in [0.1, 0.15) is 27.7 Å². The second-order valence-electron chi connectivity index (χ2n) is 4.57. The Hall–Kier alpha value is -1.52. The zero-order valence-corrected chi connectivity index (χ0v) is 12.6. The van der Waals surface area contributed by atoms with Crippen LogP contribution in [-0.2, 0) is 0 Å². The molecule has 96 valence electrons. The van der Waals surface area contributed by atoms with Crippen molar-refractivity contribution in [3.63, 3.8) is 0 Å². The number of rotatable bonds is 2. The summed E-state index contributed by atoms with van der Waals surface area (Å²) in [5, 5.41) is 1.26. The molecule has 0 saturated carbocycles. The molecule has 3 aromatic heterocycles. The third kappa shape index (κ3) is 1.91. The molecule has 0 amide bonds. The summed E-state index contributed by atoms with van der Waals surface area (Å²) < 4.78 is 1.24. The maximum absolute atomic E-state index is 11.6. The van der Waals surface area contributed by atoms with Crippen molar-refractivity contribution < 1.29 is 4.79 Å². The highest BCUT2D eigenvalue weighted by Crippen LogP contribution is 2.44. The van der Waals surface area contributed by atoms with Gasteiger partial charge in [-0.2, -0.15) is 0 Å². The SMILES string of the molecule is CC(=O)c1sc2sc(-c3ccncc3)c(C)c2c1C. The van der Waals surface area contributed by atoms with Gasteiger partial charge >= 0.3 is 0 Å². The lowest BCUT2D eigenvalue weighted by Crippen LogP contribution is -1.89. The molecule has 0 unspecified atom stereocenters. The number of ketones is 1. The van der Waals surface area contributed by atoms with Gasteiger partial charge in [-0.1, -0.05) is 0 Å². The molecule has 0 atom stereocenters. The number of carbonyl (C=O) groups is 1. The van der Waals surface area contributed by atoms with Crippen molar-refractivity contribution in [3.05, 3.63) is 40.5 Å². The van der Waals surface area contributed by atoms with Crippen molar-refractivity contribution in [1.82, 2.24) is 4.98 Å². The van der Waals surface area contributed by atoms with E-state index in [1.807, 2.05) is 31.5 Å². The standard InChI is InChI=1S/C15H13NOS2/c1-8-12-9(2)14(11-4-6-16-7-5-11)19-15(12)18-13(8)10(3)17/h4-7H,1-3H3. The van der Waals surface area contributed by atoms with Gasteiger partial charge in [0.15, 0.2) is 5.78 Å². The minimum atomic E-state index is 0.163. The molecular weight excluding hydrogens is 274 g/mol. The van der Waals surface area contributed by atoms with Gasteiger partial charge in [0.25, 0.3) is 0 Å². The zero-order chi connectivity index (χ0) is 13.6. The number of carbonyl (C=O) groups excluding carboxylic acids is 1. The Labute approximate surface area is 119 Å². The van der Waals surface area contributed by atoms with Crippen LogP contribution < -0.4 is 0 Å². The third-order valence-corrected chi connectivity index (χ3v) is 6.11. The molecule has 0 aromatic carbocycles. The highest BCUT2D eigenvalue weighted by atomic mass is 32.2. The van der Waals surface area contributed by atoms with E-state index >= 15 is 0 Å². The summed E-state index contributed by atoms with van der Waals surface area (Å²) in [5.74, 6) is 0.163. The largest absolute Gasteiger partial charge is 0.294 e. The van der Waals surface area contributed by atoms with E-state index in [1.54, 1.807) is 29.6 Å². The van der Waals surface area contributed by atoms with Crippen LogP contribution >= 0.6 is 22.7 Å². The Morgan fingerprint density at radius 3 is 2.37 bits per heavy atom. The summed E-state index contributed by atoms with van der Waals surface area (Å²) in [4.78, 5) is 17.8. The van der Waals surface area contributed by atoms with E-state index in [2.05, 4.69) is 11.9 Å². The molecule has 19 heavy (non-hydrogen) atoms. The van der Waals surface area contributed by atoms with Crippen molar-refractivity contribution in [3.8, 4) is 10.4 Å². The average Bonchev–Trinajstić information content (AvgIpc) is 2.89. The number of thiophene rings is 2. The summed E-state index contributed by atoms with van der Waals surface area (Å²) in [6, 6.07) is 4.06. The predicted molar refractivity (Wildman–Crippen MR) is 82.4 cm³/mol. The lowest BCUT2D eigenvalue weighted by atomic mass is 10.1. The normalized spacial score (nSPS) is 11.1. The Balaban J connectivity index is 2.26. The molecule has 3 aromatic rings. The van der Waals surface area contributed by atoms with Crippen LogP contribution in [0.2, 0.25) is 0 Å². The summed E-state index contributed by atoms with van der Waals surface area (Å²) in [7, 11) is 0. The van der Waals surface area contributed by atoms with Gasteiger partial charge in [0.05, 0.1) is 8.89 Å². The predicted octanol–water partition coefficient (Wildman–Crippen LogP) is 4.84. The van der Waals surface area contributed by atoms with Crippen LogP contribution in [0.25, 0.3) is 19.8 Å². The summed E-state index contributed by atoms with van der Waals surface area (Å²) in [6.07, 6.45) is 3.63. The average molecular weight is 287 g/mol. The Morgan fingerprint density at radius 2 is 1.79 bits per heavy atom. The van der Waals surface area contributed by atoms with E-state index in [9.17, 15) is 4.79 Å². The van der Waals surface area contributed by atoms with Crippen LogP contribution in [0.15, 0.2) is 24.5 Å². The number of nitrogens with zero attached hydrogens (tertiary/aromatic N) is 1. The minimum Gasteiger partial charge on any atom is -0.294 e. The van der Waals surface area contributed by atoms with Gasteiger partial charge in [-0.25, -0.2) is 0 Å². The molecule has 0 radical (unpaired) electrons. The zero-order valence-electron chi connectivity index (χ0n) is 11.0. The van der Waals surface area contributed by atoms with Crippen LogP contribution in [0.5, 0.6) is 0 Å². The van der Waals surface area contributed by atoms with E-state index in [4.69, 9.17) is 0 Å². The fourth-order valence-corrected chi connectivity index (χ4v) is 5.15. The number of pyridine rings is 1. The molecule has 3 rings (SSSR count). The molecule has 0 saturated heterocycles. The highest BCUT2D eigenvalue weighted by molar-refractivity contribution is 7.40. The fraction of sp³-hybridized carbons (Fsp3) is 0.200. The first-order chi connectivity index (χ1) is 9.09. The van der Waals surface area contributed by atoms with Crippen LogP contribution in [-0.4, -0.2) is 10.8 Å². The topological polar surface area (TPSA) is 30.0 Å². The van der Waals surface area contributed by atoms with Gasteiger partial charge in [0, 0.05) is 22.7 Å². The number of aryl methyl sites for hydroxylation is 2. The Bertz CT molecular complexity index is 768. The number of aromatic nitrogens is 1. The van der Waals surface area contributed by atoms with Crippen LogP contribution in [0, 0.1) is 13.8 Å². The molecule has 2 nitrogen and oxygen atoms in total. The number of Topliss-reactive ketones (excluding diaryl/α,β-unsaturated/α-hetero) is 1. The Kier molecular flexibility index (Phi) is 2.99. The number of hydrogen-bond donors (Lipinski definition) is 0. The summed E-state index contributed by atoms with van der Waals surface area (Å²) in [6.45, 7) is 5.82. The molecule has 0 aliphatic carbocycles. The van der Waals surface area contributed by atoms with E-state index in [1.165, 1.54) is 25.4 Å². The quantitative estimate of drug-likeness (QED) is 0.631. The lowest BCUT2D eigenvalue weighted by Gasteiger charge is -2.00. The van der Waals surface area contributed by atoms with Crippen molar-refractivity contribution >= 4 is 37.9 Å². The molecule has 0 bridgehead atoms. The van der Waals surface area contributed by atoms with Gasteiger partial charge in [0.2, 0.25) is 0 Å². The van der Waals surface area contributed by atoms with Crippen molar-refractivity contribution in [2.75, 3.05) is 0 Å². The minimum absolute atomic E-state index is 0.163. The van der Waals surface area contributed by atoms with Crippen LogP contribution in [0.4, 0.5) is 0 Å². The van der Waals surface area contributed by atoms with E-state index < -0.39 is 0 Å². The lowest BCUT2D eigenvalue weighted by molar-refractivity contribution is 0.102. The molecule has 0 spiro atoms. The molecule has 0 aliphatic heterocycles. The summed E-state index contributed by atoms with van der Waals surface area (Å²) >= 11 is 3.38. The van der Waals surface area contributed by atoms with Gasteiger partial charge in [-0.05, 0) is 49.6 Å². The maximum Gasteiger partial charge on any atom is 0.170 e. The van der Waals surface area contributed by atoms with Gasteiger partial charge in [-0.3, -0.25) is 9.78 Å². The van der Waals surface area contributed by atoms with E-state index in [0.717, 1.165) is 10.4 Å². The highest BCUT2D eigenvalue weighted by Gasteiger charge is 2.19. The number of hydrogen-bond acceptors (Lipinski definition) is 4. The molecule has 0 fully saturated rings. The fourth-order valence-electron chi connectivity index (χ4n) is 2.39. The molecular formula is C15H13NOS2. The van der Waals surface area contributed by atoms with Crippen molar-refractivity contribution in [2.24, 2.45) is 0 Å². The van der Waals surface area contributed by atoms with Crippen molar-refractivity contribution in [1.29, 1.82) is 0 Å². The number of fused-ring (bicyclic) bond motifs is 1. The molecule has 0 aliphatic rings. The first kappa shape index (κ1) is 12.5. The Morgan fingerprint density at radius 1 is 1.11 bits per heavy atom. The van der Waals surface area contributed by atoms with Gasteiger partial charge < -0.3 is 0 Å². The molecule has 4 heteroatoms. The second kappa shape index (κ2) is 4.54. The first-order valence-corrected chi connectivity index (χ1v) is 7.66.